The molecule has 0 saturated heterocycles. The normalized spacial score (nSPS) is 15.6. The number of nitrogens with one attached hydrogen (secondary N) is 1. The van der Waals surface area contributed by atoms with Crippen molar-refractivity contribution in [1.29, 1.82) is 0 Å². The summed E-state index contributed by atoms with van der Waals surface area (Å²) in [5, 5.41) is 7.80. The highest BCUT2D eigenvalue weighted by Gasteiger charge is 2.11. The Kier molecular flexibility index (Phi) is 4.80. The van der Waals surface area contributed by atoms with Crippen molar-refractivity contribution in [2.24, 2.45) is 5.92 Å². The number of rotatable bonds is 5. The maximum Gasteiger partial charge on any atom is 0.0632 e. The summed E-state index contributed by atoms with van der Waals surface area (Å²) < 4.78 is 2.99. The molecule has 1 rings (SSSR count). The smallest absolute Gasteiger partial charge is 0.0632 e. The maximum absolute atomic E-state index is 4.24. The summed E-state index contributed by atoms with van der Waals surface area (Å²) in [4.78, 5) is 0. The van der Waals surface area contributed by atoms with Crippen LogP contribution in [0.5, 0.6) is 0 Å². The molecular formula is C11H20BrN3. The zero-order valence-corrected chi connectivity index (χ0v) is 11.5. The third-order valence-electron chi connectivity index (χ3n) is 2.61. The molecule has 0 amide bonds. The summed E-state index contributed by atoms with van der Waals surface area (Å²) >= 11 is 3.39. The van der Waals surface area contributed by atoms with Gasteiger partial charge in [0.1, 0.15) is 0 Å². The number of hydrogen-bond acceptors (Lipinski definition) is 2. The molecule has 1 heterocycles. The van der Waals surface area contributed by atoms with E-state index in [0.717, 1.165) is 11.0 Å². The van der Waals surface area contributed by atoms with E-state index in [1.54, 1.807) is 0 Å². The molecule has 2 atom stereocenters. The van der Waals surface area contributed by atoms with Crippen LogP contribution in [-0.2, 0) is 6.54 Å². The van der Waals surface area contributed by atoms with E-state index < -0.39 is 0 Å². The minimum absolute atomic E-state index is 0.439. The van der Waals surface area contributed by atoms with Crippen LogP contribution in [0, 0.1) is 5.92 Å². The Bertz CT molecular complexity index is 296. The third-order valence-corrected chi connectivity index (χ3v) is 3.02. The van der Waals surface area contributed by atoms with Crippen molar-refractivity contribution in [3.63, 3.8) is 0 Å². The monoisotopic (exact) mass is 273 g/mol. The Morgan fingerprint density at radius 3 is 2.53 bits per heavy atom. The zero-order valence-electron chi connectivity index (χ0n) is 9.87. The second-order valence-electron chi connectivity index (χ2n) is 4.48. The summed E-state index contributed by atoms with van der Waals surface area (Å²) in [5.74, 6) is 0.664. The predicted molar refractivity (Wildman–Crippen MR) is 66.8 cm³/mol. The Balaban J connectivity index is 2.39. The van der Waals surface area contributed by atoms with Crippen molar-refractivity contribution in [2.45, 2.75) is 46.3 Å². The molecule has 0 spiro atoms. The molecule has 0 fully saturated rings. The fourth-order valence-electron chi connectivity index (χ4n) is 1.41. The van der Waals surface area contributed by atoms with Crippen molar-refractivity contribution < 1.29 is 0 Å². The number of aromatic nitrogens is 2. The summed E-state index contributed by atoms with van der Waals surface area (Å²) in [7, 11) is 0. The van der Waals surface area contributed by atoms with Crippen molar-refractivity contribution >= 4 is 15.9 Å². The van der Waals surface area contributed by atoms with Gasteiger partial charge in [0.2, 0.25) is 0 Å². The van der Waals surface area contributed by atoms with Gasteiger partial charge in [-0.15, -0.1) is 0 Å². The quantitative estimate of drug-likeness (QED) is 0.894. The van der Waals surface area contributed by atoms with E-state index in [1.807, 2.05) is 17.1 Å². The molecule has 0 radical (unpaired) electrons. The summed E-state index contributed by atoms with van der Waals surface area (Å²) in [6.07, 6.45) is 3.82. The first-order valence-corrected chi connectivity index (χ1v) is 6.22. The molecule has 86 valence electrons. The predicted octanol–water partition coefficient (Wildman–Crippen LogP) is 2.67. The van der Waals surface area contributed by atoms with E-state index in [1.165, 1.54) is 0 Å². The van der Waals surface area contributed by atoms with Gasteiger partial charge in [0, 0.05) is 18.3 Å². The van der Waals surface area contributed by atoms with Crippen molar-refractivity contribution in [3.05, 3.63) is 16.9 Å². The molecule has 2 unspecified atom stereocenters. The average Bonchev–Trinajstić information content (AvgIpc) is 2.50. The lowest BCUT2D eigenvalue weighted by molar-refractivity contribution is 0.352. The highest BCUT2D eigenvalue weighted by atomic mass is 79.9. The van der Waals surface area contributed by atoms with E-state index in [0.29, 0.717) is 18.0 Å². The van der Waals surface area contributed by atoms with Crippen LogP contribution < -0.4 is 5.32 Å². The lowest BCUT2D eigenvalue weighted by Crippen LogP contribution is -2.40. The molecular weight excluding hydrogens is 254 g/mol. The minimum Gasteiger partial charge on any atom is -0.310 e. The Hall–Kier alpha value is -0.350. The highest BCUT2D eigenvalue weighted by Crippen LogP contribution is 2.07. The second-order valence-corrected chi connectivity index (χ2v) is 5.40. The second kappa shape index (κ2) is 5.66. The van der Waals surface area contributed by atoms with Crippen molar-refractivity contribution in [3.8, 4) is 0 Å². The Morgan fingerprint density at radius 2 is 2.07 bits per heavy atom. The fourth-order valence-corrected chi connectivity index (χ4v) is 1.74. The highest BCUT2D eigenvalue weighted by molar-refractivity contribution is 9.10. The zero-order chi connectivity index (χ0) is 11.4. The van der Waals surface area contributed by atoms with Gasteiger partial charge in [0.15, 0.2) is 0 Å². The average molecular weight is 274 g/mol. The van der Waals surface area contributed by atoms with Crippen LogP contribution in [0.3, 0.4) is 0 Å². The molecule has 0 aromatic carbocycles. The first kappa shape index (κ1) is 12.7. The molecule has 0 aliphatic rings. The molecule has 0 aliphatic carbocycles. The molecule has 3 nitrogen and oxygen atoms in total. The summed E-state index contributed by atoms with van der Waals surface area (Å²) in [6.45, 7) is 9.78. The van der Waals surface area contributed by atoms with E-state index in [-0.39, 0.29) is 0 Å². The van der Waals surface area contributed by atoms with E-state index >= 15 is 0 Å². The van der Waals surface area contributed by atoms with Gasteiger partial charge in [-0.2, -0.15) is 5.10 Å². The van der Waals surface area contributed by atoms with E-state index in [4.69, 9.17) is 0 Å². The van der Waals surface area contributed by atoms with Gasteiger partial charge in [0.05, 0.1) is 17.2 Å². The Labute approximate surface area is 100 Å². The van der Waals surface area contributed by atoms with Gasteiger partial charge in [-0.1, -0.05) is 13.8 Å². The van der Waals surface area contributed by atoms with E-state index in [9.17, 15) is 0 Å². The molecule has 1 N–H and O–H groups in total. The van der Waals surface area contributed by atoms with Crippen LogP contribution in [0.25, 0.3) is 0 Å². The van der Waals surface area contributed by atoms with Crippen molar-refractivity contribution in [1.82, 2.24) is 15.1 Å². The SMILES string of the molecule is CC(Cn1cc(Br)cn1)NC(C)C(C)C. The lowest BCUT2D eigenvalue weighted by atomic mass is 10.1. The van der Waals surface area contributed by atoms with Gasteiger partial charge in [-0.3, -0.25) is 4.68 Å². The van der Waals surface area contributed by atoms with Gasteiger partial charge in [-0.05, 0) is 35.7 Å². The first-order valence-electron chi connectivity index (χ1n) is 5.43. The Morgan fingerprint density at radius 1 is 1.40 bits per heavy atom. The van der Waals surface area contributed by atoms with Crippen molar-refractivity contribution in [2.75, 3.05) is 0 Å². The molecule has 0 saturated carbocycles. The number of hydrogen-bond donors (Lipinski definition) is 1. The van der Waals surface area contributed by atoms with Gasteiger partial charge in [-0.25, -0.2) is 0 Å². The van der Waals surface area contributed by atoms with E-state index in [2.05, 4.69) is 54.0 Å². The number of halogens is 1. The molecule has 0 aliphatic heterocycles. The largest absolute Gasteiger partial charge is 0.310 e. The fraction of sp³-hybridized carbons (Fsp3) is 0.727. The van der Waals surface area contributed by atoms with Gasteiger partial charge >= 0.3 is 0 Å². The topological polar surface area (TPSA) is 29.9 Å². The summed E-state index contributed by atoms with van der Waals surface area (Å²) in [6, 6.07) is 0.980. The third kappa shape index (κ3) is 4.34. The summed E-state index contributed by atoms with van der Waals surface area (Å²) in [5.41, 5.74) is 0. The van der Waals surface area contributed by atoms with Crippen LogP contribution in [0.1, 0.15) is 27.7 Å². The standard InChI is InChI=1S/C11H20BrN3/c1-8(2)10(4)14-9(3)6-15-7-11(12)5-13-15/h5,7-10,14H,6H2,1-4H3. The van der Waals surface area contributed by atoms with Crippen LogP contribution in [-0.4, -0.2) is 21.9 Å². The maximum atomic E-state index is 4.24. The minimum atomic E-state index is 0.439. The van der Waals surface area contributed by atoms with Crippen LogP contribution in [0.2, 0.25) is 0 Å². The lowest BCUT2D eigenvalue weighted by Gasteiger charge is -2.22. The van der Waals surface area contributed by atoms with Crippen LogP contribution >= 0.6 is 15.9 Å². The molecule has 1 aromatic heterocycles. The van der Waals surface area contributed by atoms with Gasteiger partial charge < -0.3 is 5.32 Å². The van der Waals surface area contributed by atoms with Crippen LogP contribution in [0.4, 0.5) is 0 Å². The first-order chi connectivity index (χ1) is 6.99. The van der Waals surface area contributed by atoms with Crippen LogP contribution in [0.15, 0.2) is 16.9 Å². The van der Waals surface area contributed by atoms with Gasteiger partial charge in [0.25, 0.3) is 0 Å². The molecule has 1 aromatic rings. The molecule has 15 heavy (non-hydrogen) atoms. The number of nitrogens with zero attached hydrogens (tertiary/aromatic N) is 2. The molecule has 4 heteroatoms. The molecule has 0 bridgehead atoms.